The van der Waals surface area contributed by atoms with E-state index in [9.17, 15) is 14.9 Å². The molecule has 12 heavy (non-hydrogen) atoms. The molecular formula is C8H9NO3. The van der Waals surface area contributed by atoms with Gasteiger partial charge in [0.15, 0.2) is 0 Å². The molecule has 0 aromatic heterocycles. The average molecular weight is 167 g/mol. The Balaban J connectivity index is 3.02. The first-order valence-electron chi connectivity index (χ1n) is 3.57. The third-order valence-corrected chi connectivity index (χ3v) is 2.08. The van der Waals surface area contributed by atoms with Crippen LogP contribution in [0.4, 0.5) is 0 Å². The monoisotopic (exact) mass is 167 g/mol. The molecule has 0 radical (unpaired) electrons. The van der Waals surface area contributed by atoms with Crippen LogP contribution in [0.15, 0.2) is 24.3 Å². The third-order valence-electron chi connectivity index (χ3n) is 2.08. The van der Waals surface area contributed by atoms with Crippen LogP contribution in [0.25, 0.3) is 0 Å². The van der Waals surface area contributed by atoms with Gasteiger partial charge < -0.3 is 4.79 Å². The summed E-state index contributed by atoms with van der Waals surface area (Å²) in [6.45, 7) is 1.44. The van der Waals surface area contributed by atoms with E-state index in [1.165, 1.54) is 19.1 Å². The quantitative estimate of drug-likeness (QED) is 0.349. The number of nitro groups is 1. The van der Waals surface area contributed by atoms with Crippen molar-refractivity contribution in [1.82, 2.24) is 0 Å². The number of hydrogen-bond acceptors (Lipinski definition) is 3. The molecule has 1 rings (SSSR count). The van der Waals surface area contributed by atoms with Gasteiger partial charge in [0.25, 0.3) is 5.54 Å². The molecule has 4 nitrogen and oxygen atoms in total. The Morgan fingerprint density at radius 3 is 2.67 bits per heavy atom. The highest BCUT2D eigenvalue weighted by Crippen LogP contribution is 2.25. The summed E-state index contributed by atoms with van der Waals surface area (Å²) in [4.78, 5) is 20.7. The minimum atomic E-state index is -1.27. The summed E-state index contributed by atoms with van der Waals surface area (Å²) in [5, 5.41) is 10.6. The first-order valence-corrected chi connectivity index (χ1v) is 3.57. The first kappa shape index (κ1) is 8.64. The molecule has 0 fully saturated rings. The lowest BCUT2D eigenvalue weighted by molar-refractivity contribution is -0.555. The molecule has 0 saturated carbocycles. The minimum absolute atomic E-state index is 0.438. The van der Waals surface area contributed by atoms with Crippen LogP contribution in [0.2, 0.25) is 0 Å². The second-order valence-electron chi connectivity index (χ2n) is 2.89. The van der Waals surface area contributed by atoms with Crippen molar-refractivity contribution in [2.24, 2.45) is 5.92 Å². The van der Waals surface area contributed by atoms with E-state index < -0.39 is 16.4 Å². The highest BCUT2D eigenvalue weighted by atomic mass is 16.6. The predicted octanol–water partition coefficient (Wildman–Crippen LogP) is 0.963. The SMILES string of the molecule is CC1([N+](=O)[O-])C=CC=CC1C=O. The number of carbonyl (C=O) groups is 1. The predicted molar refractivity (Wildman–Crippen MR) is 43.2 cm³/mol. The molecule has 0 N–H and O–H groups in total. The Morgan fingerprint density at radius 2 is 2.25 bits per heavy atom. The third kappa shape index (κ3) is 1.15. The van der Waals surface area contributed by atoms with Crippen molar-refractivity contribution in [2.75, 3.05) is 0 Å². The summed E-state index contributed by atoms with van der Waals surface area (Å²) in [5.74, 6) is -0.655. The second kappa shape index (κ2) is 2.89. The molecule has 0 heterocycles. The van der Waals surface area contributed by atoms with Crippen LogP contribution >= 0.6 is 0 Å². The summed E-state index contributed by atoms with van der Waals surface area (Å²) in [6, 6.07) is 0. The highest BCUT2D eigenvalue weighted by molar-refractivity contribution is 5.60. The Hall–Kier alpha value is -1.45. The normalized spacial score (nSPS) is 33.2. The van der Waals surface area contributed by atoms with Gasteiger partial charge in [-0.3, -0.25) is 10.1 Å². The molecule has 0 spiro atoms. The Kier molecular flexibility index (Phi) is 2.08. The van der Waals surface area contributed by atoms with Gasteiger partial charge in [-0.05, 0) is 6.08 Å². The van der Waals surface area contributed by atoms with E-state index in [1.54, 1.807) is 12.2 Å². The number of rotatable bonds is 2. The summed E-state index contributed by atoms with van der Waals surface area (Å²) in [5.41, 5.74) is -1.27. The van der Waals surface area contributed by atoms with E-state index in [-0.39, 0.29) is 0 Å². The zero-order valence-electron chi connectivity index (χ0n) is 6.64. The van der Waals surface area contributed by atoms with Crippen molar-refractivity contribution in [1.29, 1.82) is 0 Å². The van der Waals surface area contributed by atoms with Gasteiger partial charge in [0, 0.05) is 11.8 Å². The summed E-state index contributed by atoms with van der Waals surface area (Å²) in [6.07, 6.45) is 6.80. The lowest BCUT2D eigenvalue weighted by Crippen LogP contribution is -2.41. The molecule has 0 aliphatic heterocycles. The first-order chi connectivity index (χ1) is 5.61. The molecule has 4 heteroatoms. The van der Waals surface area contributed by atoms with Gasteiger partial charge in [-0.25, -0.2) is 0 Å². The van der Waals surface area contributed by atoms with Crippen molar-refractivity contribution < 1.29 is 9.72 Å². The molecule has 2 atom stereocenters. The van der Waals surface area contributed by atoms with Crippen molar-refractivity contribution in [3.8, 4) is 0 Å². The van der Waals surface area contributed by atoms with Crippen LogP contribution in [0.5, 0.6) is 0 Å². The fraction of sp³-hybridized carbons (Fsp3) is 0.375. The summed E-state index contributed by atoms with van der Waals surface area (Å²) < 4.78 is 0. The van der Waals surface area contributed by atoms with Gasteiger partial charge in [-0.15, -0.1) is 0 Å². The summed E-state index contributed by atoms with van der Waals surface area (Å²) >= 11 is 0. The summed E-state index contributed by atoms with van der Waals surface area (Å²) in [7, 11) is 0. The maximum Gasteiger partial charge on any atom is 0.250 e. The zero-order chi connectivity index (χ0) is 9.19. The van der Waals surface area contributed by atoms with E-state index in [2.05, 4.69) is 0 Å². The average Bonchev–Trinajstić information content (AvgIpc) is 2.05. The molecule has 2 unspecified atom stereocenters. The lowest BCUT2D eigenvalue weighted by Gasteiger charge is -2.22. The van der Waals surface area contributed by atoms with Crippen molar-refractivity contribution in [2.45, 2.75) is 12.5 Å². The van der Waals surface area contributed by atoms with E-state index >= 15 is 0 Å². The largest absolute Gasteiger partial charge is 0.302 e. The molecule has 0 aromatic carbocycles. The fourth-order valence-corrected chi connectivity index (χ4v) is 1.11. The number of nitrogens with zero attached hydrogens (tertiary/aromatic N) is 1. The molecule has 1 aliphatic carbocycles. The van der Waals surface area contributed by atoms with Crippen LogP contribution in [0.1, 0.15) is 6.92 Å². The molecule has 0 amide bonds. The Bertz CT molecular complexity index is 269. The van der Waals surface area contributed by atoms with Gasteiger partial charge in [0.05, 0.1) is 0 Å². The molecule has 0 bridgehead atoms. The number of allylic oxidation sites excluding steroid dienone is 2. The molecular weight excluding hydrogens is 158 g/mol. The Morgan fingerprint density at radius 1 is 1.58 bits per heavy atom. The van der Waals surface area contributed by atoms with E-state index in [0.29, 0.717) is 6.29 Å². The van der Waals surface area contributed by atoms with Crippen molar-refractivity contribution in [3.05, 3.63) is 34.4 Å². The lowest BCUT2D eigenvalue weighted by atomic mass is 9.84. The van der Waals surface area contributed by atoms with E-state index in [4.69, 9.17) is 0 Å². The van der Waals surface area contributed by atoms with Crippen LogP contribution < -0.4 is 0 Å². The standard InChI is InChI=1S/C8H9NO3/c1-8(9(11)12)5-3-2-4-7(8)6-10/h2-7H,1H3. The van der Waals surface area contributed by atoms with Gasteiger partial charge in [0.2, 0.25) is 0 Å². The van der Waals surface area contributed by atoms with Crippen molar-refractivity contribution in [3.63, 3.8) is 0 Å². The van der Waals surface area contributed by atoms with E-state index in [1.807, 2.05) is 0 Å². The van der Waals surface area contributed by atoms with Crippen LogP contribution in [0.3, 0.4) is 0 Å². The maximum absolute atomic E-state index is 10.6. The molecule has 1 aliphatic rings. The number of hydrogen-bond donors (Lipinski definition) is 0. The molecule has 64 valence electrons. The zero-order valence-corrected chi connectivity index (χ0v) is 6.64. The minimum Gasteiger partial charge on any atom is -0.302 e. The fourth-order valence-electron chi connectivity index (χ4n) is 1.11. The smallest absolute Gasteiger partial charge is 0.250 e. The highest BCUT2D eigenvalue weighted by Gasteiger charge is 2.42. The Labute approximate surface area is 69.7 Å². The van der Waals surface area contributed by atoms with Crippen LogP contribution in [-0.2, 0) is 4.79 Å². The van der Waals surface area contributed by atoms with Gasteiger partial charge in [0.1, 0.15) is 12.2 Å². The number of carbonyl (C=O) groups excluding carboxylic acids is 1. The van der Waals surface area contributed by atoms with E-state index in [0.717, 1.165) is 0 Å². The molecule has 0 saturated heterocycles. The number of aldehydes is 1. The van der Waals surface area contributed by atoms with Gasteiger partial charge >= 0.3 is 0 Å². The second-order valence-corrected chi connectivity index (χ2v) is 2.89. The topological polar surface area (TPSA) is 60.2 Å². The van der Waals surface area contributed by atoms with Gasteiger partial charge in [-0.2, -0.15) is 0 Å². The van der Waals surface area contributed by atoms with Crippen molar-refractivity contribution >= 4 is 6.29 Å². The van der Waals surface area contributed by atoms with Crippen LogP contribution in [0, 0.1) is 16.0 Å². The van der Waals surface area contributed by atoms with Crippen LogP contribution in [-0.4, -0.2) is 16.7 Å². The van der Waals surface area contributed by atoms with Gasteiger partial charge in [-0.1, -0.05) is 18.2 Å². The molecule has 0 aromatic rings. The maximum atomic E-state index is 10.6.